The van der Waals surface area contributed by atoms with E-state index >= 15 is 0 Å². The Bertz CT molecular complexity index is 657. The number of hydrogen-bond acceptors (Lipinski definition) is 2. The standard InChI is InChI=1S/C17H16FNO2/c18-15-10-13(6-7-16(15)20)17(21)19-9-8-14(11-19)12-4-2-1-3-5-12/h1-7,10,14,20H,8-9,11H2. The van der Waals surface area contributed by atoms with E-state index in [0.717, 1.165) is 12.5 Å². The summed E-state index contributed by atoms with van der Waals surface area (Å²) >= 11 is 0. The maximum absolute atomic E-state index is 13.3. The number of phenols is 1. The first-order valence-electron chi connectivity index (χ1n) is 6.98. The van der Waals surface area contributed by atoms with Gasteiger partial charge in [0.2, 0.25) is 0 Å². The monoisotopic (exact) mass is 285 g/mol. The van der Waals surface area contributed by atoms with Crippen LogP contribution >= 0.6 is 0 Å². The molecule has 108 valence electrons. The average molecular weight is 285 g/mol. The van der Waals surface area contributed by atoms with Crippen LogP contribution in [0.3, 0.4) is 0 Å². The van der Waals surface area contributed by atoms with Crippen LogP contribution in [-0.4, -0.2) is 29.0 Å². The summed E-state index contributed by atoms with van der Waals surface area (Å²) in [4.78, 5) is 14.1. The molecule has 1 amide bonds. The van der Waals surface area contributed by atoms with Gasteiger partial charge in [-0.05, 0) is 30.2 Å². The third-order valence-electron chi connectivity index (χ3n) is 3.94. The van der Waals surface area contributed by atoms with Gasteiger partial charge in [0.05, 0.1) is 0 Å². The fourth-order valence-electron chi connectivity index (χ4n) is 2.76. The molecule has 0 bridgehead atoms. The van der Waals surface area contributed by atoms with Gasteiger partial charge in [0.15, 0.2) is 11.6 Å². The molecule has 0 saturated carbocycles. The summed E-state index contributed by atoms with van der Waals surface area (Å²) in [5.41, 5.74) is 1.50. The lowest BCUT2D eigenvalue weighted by Crippen LogP contribution is -2.28. The van der Waals surface area contributed by atoms with Gasteiger partial charge in [-0.25, -0.2) is 4.39 Å². The second-order valence-electron chi connectivity index (χ2n) is 5.31. The van der Waals surface area contributed by atoms with E-state index in [1.54, 1.807) is 4.90 Å². The van der Waals surface area contributed by atoms with Gasteiger partial charge in [0, 0.05) is 24.6 Å². The fourth-order valence-corrected chi connectivity index (χ4v) is 2.76. The van der Waals surface area contributed by atoms with E-state index < -0.39 is 11.6 Å². The minimum atomic E-state index is -0.764. The van der Waals surface area contributed by atoms with Gasteiger partial charge < -0.3 is 10.0 Å². The minimum Gasteiger partial charge on any atom is -0.505 e. The van der Waals surface area contributed by atoms with Gasteiger partial charge in [0.1, 0.15) is 0 Å². The minimum absolute atomic E-state index is 0.188. The molecule has 1 fully saturated rings. The first-order chi connectivity index (χ1) is 10.1. The van der Waals surface area contributed by atoms with Crippen molar-refractivity contribution in [2.45, 2.75) is 12.3 Å². The quantitative estimate of drug-likeness (QED) is 0.920. The van der Waals surface area contributed by atoms with Crippen LogP contribution in [-0.2, 0) is 0 Å². The molecular formula is C17H16FNO2. The molecule has 1 atom stereocenters. The molecule has 0 aromatic heterocycles. The summed E-state index contributed by atoms with van der Waals surface area (Å²) < 4.78 is 13.3. The molecule has 21 heavy (non-hydrogen) atoms. The van der Waals surface area contributed by atoms with Crippen molar-refractivity contribution in [2.24, 2.45) is 0 Å². The van der Waals surface area contributed by atoms with E-state index in [1.807, 2.05) is 18.2 Å². The number of amides is 1. The second-order valence-corrected chi connectivity index (χ2v) is 5.31. The second kappa shape index (κ2) is 5.56. The van der Waals surface area contributed by atoms with Gasteiger partial charge in [0.25, 0.3) is 5.91 Å². The lowest BCUT2D eigenvalue weighted by molar-refractivity contribution is 0.0790. The van der Waals surface area contributed by atoms with Crippen molar-refractivity contribution in [3.8, 4) is 5.75 Å². The maximum Gasteiger partial charge on any atom is 0.253 e. The van der Waals surface area contributed by atoms with Crippen LogP contribution in [0.25, 0.3) is 0 Å². The summed E-state index contributed by atoms with van der Waals surface area (Å²) in [5, 5.41) is 9.18. The molecule has 1 unspecified atom stereocenters. The van der Waals surface area contributed by atoms with Crippen LogP contribution in [0, 0.1) is 5.82 Å². The smallest absolute Gasteiger partial charge is 0.253 e. The molecule has 0 radical (unpaired) electrons. The first-order valence-corrected chi connectivity index (χ1v) is 6.98. The Morgan fingerprint density at radius 1 is 1.19 bits per heavy atom. The molecule has 2 aromatic rings. The highest BCUT2D eigenvalue weighted by atomic mass is 19.1. The van der Waals surface area contributed by atoms with Gasteiger partial charge in [-0.15, -0.1) is 0 Å². The molecule has 1 aliphatic heterocycles. The maximum atomic E-state index is 13.3. The molecule has 1 N–H and O–H groups in total. The van der Waals surface area contributed by atoms with Crippen molar-refractivity contribution in [3.63, 3.8) is 0 Å². The number of halogens is 1. The van der Waals surface area contributed by atoms with Gasteiger partial charge >= 0.3 is 0 Å². The number of hydrogen-bond donors (Lipinski definition) is 1. The molecule has 3 rings (SSSR count). The Kier molecular flexibility index (Phi) is 3.60. The predicted molar refractivity (Wildman–Crippen MR) is 77.8 cm³/mol. The van der Waals surface area contributed by atoms with Crippen molar-refractivity contribution in [3.05, 3.63) is 65.5 Å². The van der Waals surface area contributed by atoms with Crippen molar-refractivity contribution in [1.29, 1.82) is 0 Å². The lowest BCUT2D eigenvalue weighted by Gasteiger charge is -2.17. The topological polar surface area (TPSA) is 40.5 Å². The molecule has 0 aliphatic carbocycles. The molecular weight excluding hydrogens is 269 g/mol. The van der Waals surface area contributed by atoms with E-state index in [1.165, 1.54) is 17.7 Å². The van der Waals surface area contributed by atoms with Crippen LogP contribution in [0.1, 0.15) is 28.3 Å². The molecule has 2 aromatic carbocycles. The van der Waals surface area contributed by atoms with Crippen LogP contribution in [0.2, 0.25) is 0 Å². The number of aromatic hydroxyl groups is 1. The largest absolute Gasteiger partial charge is 0.505 e. The summed E-state index contributed by atoms with van der Waals surface area (Å²) in [6.07, 6.45) is 0.913. The van der Waals surface area contributed by atoms with Crippen LogP contribution in [0.15, 0.2) is 48.5 Å². The zero-order valence-corrected chi connectivity index (χ0v) is 11.5. The highest BCUT2D eigenvalue weighted by Crippen LogP contribution is 2.28. The van der Waals surface area contributed by atoms with Crippen LogP contribution in [0.4, 0.5) is 4.39 Å². The van der Waals surface area contributed by atoms with E-state index in [9.17, 15) is 14.3 Å². The number of phenolic OH excluding ortho intramolecular Hbond substituents is 1. The zero-order chi connectivity index (χ0) is 14.8. The average Bonchev–Trinajstić information content (AvgIpc) is 3.00. The number of rotatable bonds is 2. The van der Waals surface area contributed by atoms with Crippen molar-refractivity contribution >= 4 is 5.91 Å². The summed E-state index contributed by atoms with van der Waals surface area (Å²) in [7, 11) is 0. The zero-order valence-electron chi connectivity index (χ0n) is 11.5. The molecule has 0 spiro atoms. The summed E-state index contributed by atoms with van der Waals surface area (Å²) in [6.45, 7) is 1.31. The van der Waals surface area contributed by atoms with Crippen LogP contribution < -0.4 is 0 Å². The lowest BCUT2D eigenvalue weighted by atomic mass is 9.99. The molecule has 1 heterocycles. The van der Waals surface area contributed by atoms with Crippen molar-refractivity contribution in [2.75, 3.05) is 13.1 Å². The van der Waals surface area contributed by atoms with E-state index in [4.69, 9.17) is 0 Å². The number of benzene rings is 2. The predicted octanol–water partition coefficient (Wildman–Crippen LogP) is 3.16. The first kappa shape index (κ1) is 13.6. The number of likely N-dealkylation sites (tertiary alicyclic amines) is 1. The third kappa shape index (κ3) is 2.75. The van der Waals surface area contributed by atoms with Crippen LogP contribution in [0.5, 0.6) is 5.75 Å². The van der Waals surface area contributed by atoms with Gasteiger partial charge in [-0.1, -0.05) is 30.3 Å². The van der Waals surface area contributed by atoms with Crippen molar-refractivity contribution < 1.29 is 14.3 Å². The fraction of sp³-hybridized carbons (Fsp3) is 0.235. The molecule has 3 nitrogen and oxygen atoms in total. The van der Waals surface area contributed by atoms with Gasteiger partial charge in [-0.2, -0.15) is 0 Å². The molecule has 1 saturated heterocycles. The highest BCUT2D eigenvalue weighted by Gasteiger charge is 2.28. The summed E-state index contributed by atoms with van der Waals surface area (Å²) in [5.74, 6) is -1.06. The SMILES string of the molecule is O=C(c1ccc(O)c(F)c1)N1CCC(c2ccccc2)C1. The van der Waals surface area contributed by atoms with E-state index in [2.05, 4.69) is 12.1 Å². The Hall–Kier alpha value is -2.36. The number of carbonyl (C=O) groups excluding carboxylic acids is 1. The van der Waals surface area contributed by atoms with Gasteiger partial charge in [-0.3, -0.25) is 4.79 Å². The Balaban J connectivity index is 1.74. The Morgan fingerprint density at radius 3 is 2.67 bits per heavy atom. The van der Waals surface area contributed by atoms with E-state index in [-0.39, 0.29) is 11.5 Å². The molecule has 1 aliphatic rings. The summed E-state index contributed by atoms with van der Waals surface area (Å²) in [6, 6.07) is 13.9. The number of carbonyl (C=O) groups is 1. The molecule has 4 heteroatoms. The Morgan fingerprint density at radius 2 is 1.95 bits per heavy atom. The number of nitrogens with zero attached hydrogens (tertiary/aromatic N) is 1. The highest BCUT2D eigenvalue weighted by molar-refractivity contribution is 5.94. The normalized spacial score (nSPS) is 18.0. The Labute approximate surface area is 122 Å². The van der Waals surface area contributed by atoms with Crippen molar-refractivity contribution in [1.82, 2.24) is 4.90 Å². The third-order valence-corrected chi connectivity index (χ3v) is 3.94. The van der Waals surface area contributed by atoms with E-state index in [0.29, 0.717) is 19.0 Å².